The Morgan fingerprint density at radius 2 is 2.40 bits per heavy atom. The number of morpholine rings is 1. The maximum atomic E-state index is 11.8. The van der Waals surface area contributed by atoms with Gasteiger partial charge in [0.05, 0.1) is 12.7 Å². The summed E-state index contributed by atoms with van der Waals surface area (Å²) in [5, 5.41) is 6.93. The number of hydrogen-bond acceptors (Lipinski definition) is 4. The minimum atomic E-state index is -0.0294. The summed E-state index contributed by atoms with van der Waals surface area (Å²) in [5.41, 5.74) is 0. The molecule has 1 fully saturated rings. The van der Waals surface area contributed by atoms with E-state index < -0.39 is 0 Å². The molecule has 6 heteroatoms. The highest BCUT2D eigenvalue weighted by Gasteiger charge is 2.21. The molecule has 112 valence electrons. The van der Waals surface area contributed by atoms with Gasteiger partial charge in [-0.15, -0.1) is 0 Å². The van der Waals surface area contributed by atoms with Crippen molar-refractivity contribution < 1.29 is 9.53 Å². The van der Waals surface area contributed by atoms with Crippen LogP contribution in [0.15, 0.2) is 18.5 Å². The standard InChI is InChI=1S/C14H24N4O2/c1-12(2)9-17-6-7-20-13(10-17)8-15-14(19)11-18-5-3-4-16-18/h3-5,12-13H,6-11H2,1-2H3,(H,15,19)/t13-/m0/s1. The molecule has 1 aliphatic rings. The van der Waals surface area contributed by atoms with Crippen LogP contribution in [0.25, 0.3) is 0 Å². The number of aromatic nitrogens is 2. The Balaban J connectivity index is 1.69. The summed E-state index contributed by atoms with van der Waals surface area (Å²) in [7, 11) is 0. The third-order valence-electron chi connectivity index (χ3n) is 3.24. The van der Waals surface area contributed by atoms with E-state index >= 15 is 0 Å². The Bertz CT molecular complexity index is 405. The zero-order chi connectivity index (χ0) is 14.4. The van der Waals surface area contributed by atoms with Crippen LogP contribution in [0.3, 0.4) is 0 Å². The van der Waals surface area contributed by atoms with Crippen LogP contribution in [0.4, 0.5) is 0 Å². The zero-order valence-corrected chi connectivity index (χ0v) is 12.3. The lowest BCUT2D eigenvalue weighted by Crippen LogP contribution is -2.48. The van der Waals surface area contributed by atoms with Crippen molar-refractivity contribution in [2.45, 2.75) is 26.5 Å². The molecule has 0 aliphatic carbocycles. The van der Waals surface area contributed by atoms with E-state index in [4.69, 9.17) is 4.74 Å². The van der Waals surface area contributed by atoms with Crippen molar-refractivity contribution in [2.24, 2.45) is 5.92 Å². The summed E-state index contributed by atoms with van der Waals surface area (Å²) in [6, 6.07) is 1.81. The van der Waals surface area contributed by atoms with Crippen LogP contribution in [0, 0.1) is 5.92 Å². The second kappa shape index (κ2) is 7.40. The highest BCUT2D eigenvalue weighted by molar-refractivity contribution is 5.75. The van der Waals surface area contributed by atoms with Crippen LogP contribution in [0.1, 0.15) is 13.8 Å². The van der Waals surface area contributed by atoms with Gasteiger partial charge in [0.15, 0.2) is 0 Å². The fourth-order valence-electron chi connectivity index (χ4n) is 2.41. The summed E-state index contributed by atoms with van der Waals surface area (Å²) < 4.78 is 7.31. The number of hydrogen-bond donors (Lipinski definition) is 1. The molecule has 2 heterocycles. The van der Waals surface area contributed by atoms with Crippen LogP contribution in [-0.4, -0.2) is 59.5 Å². The van der Waals surface area contributed by atoms with E-state index in [0.29, 0.717) is 12.5 Å². The molecule has 1 aromatic heterocycles. The van der Waals surface area contributed by atoms with E-state index in [1.165, 1.54) is 0 Å². The number of nitrogens with one attached hydrogen (secondary N) is 1. The number of rotatable bonds is 6. The van der Waals surface area contributed by atoms with Gasteiger partial charge in [-0.3, -0.25) is 14.4 Å². The van der Waals surface area contributed by atoms with Gasteiger partial charge >= 0.3 is 0 Å². The molecule has 0 saturated carbocycles. The van der Waals surface area contributed by atoms with Crippen LogP contribution in [0.5, 0.6) is 0 Å². The third-order valence-corrected chi connectivity index (χ3v) is 3.24. The number of carbonyl (C=O) groups is 1. The van der Waals surface area contributed by atoms with Crippen molar-refractivity contribution in [3.05, 3.63) is 18.5 Å². The monoisotopic (exact) mass is 280 g/mol. The smallest absolute Gasteiger partial charge is 0.241 e. The second-order valence-corrected chi connectivity index (χ2v) is 5.65. The van der Waals surface area contributed by atoms with Crippen molar-refractivity contribution in [1.29, 1.82) is 0 Å². The van der Waals surface area contributed by atoms with Crippen LogP contribution < -0.4 is 5.32 Å². The van der Waals surface area contributed by atoms with Gasteiger partial charge in [0.1, 0.15) is 6.54 Å². The van der Waals surface area contributed by atoms with E-state index in [0.717, 1.165) is 26.2 Å². The second-order valence-electron chi connectivity index (χ2n) is 5.65. The van der Waals surface area contributed by atoms with Gasteiger partial charge in [0.25, 0.3) is 0 Å². The number of ether oxygens (including phenoxy) is 1. The number of nitrogens with zero attached hydrogens (tertiary/aromatic N) is 3. The summed E-state index contributed by atoms with van der Waals surface area (Å²) in [6.45, 7) is 8.96. The summed E-state index contributed by atoms with van der Waals surface area (Å²) in [6.07, 6.45) is 3.53. The molecule has 1 aromatic rings. The Labute approximate surface area is 120 Å². The van der Waals surface area contributed by atoms with Crippen molar-refractivity contribution in [2.75, 3.05) is 32.8 Å². The maximum Gasteiger partial charge on any atom is 0.241 e. The maximum absolute atomic E-state index is 11.8. The molecule has 1 saturated heterocycles. The molecule has 1 N–H and O–H groups in total. The lowest BCUT2D eigenvalue weighted by molar-refractivity contribution is -0.123. The van der Waals surface area contributed by atoms with Crippen LogP contribution in [-0.2, 0) is 16.1 Å². The molecule has 1 aliphatic heterocycles. The molecule has 0 spiro atoms. The third kappa shape index (κ3) is 4.94. The van der Waals surface area contributed by atoms with E-state index in [1.54, 1.807) is 23.1 Å². The summed E-state index contributed by atoms with van der Waals surface area (Å²) >= 11 is 0. The first-order valence-corrected chi connectivity index (χ1v) is 7.21. The predicted octanol–water partition coefficient (Wildman–Crippen LogP) is 0.356. The largest absolute Gasteiger partial charge is 0.374 e. The highest BCUT2D eigenvalue weighted by Crippen LogP contribution is 2.07. The molecule has 2 rings (SSSR count). The Hall–Kier alpha value is -1.40. The Morgan fingerprint density at radius 3 is 3.10 bits per heavy atom. The van der Waals surface area contributed by atoms with E-state index in [9.17, 15) is 4.79 Å². The van der Waals surface area contributed by atoms with Crippen molar-refractivity contribution >= 4 is 5.91 Å². The first kappa shape index (κ1) is 15.0. The van der Waals surface area contributed by atoms with Gasteiger partial charge in [-0.2, -0.15) is 5.10 Å². The first-order valence-electron chi connectivity index (χ1n) is 7.21. The lowest BCUT2D eigenvalue weighted by atomic mass is 10.2. The molecular formula is C14H24N4O2. The van der Waals surface area contributed by atoms with E-state index in [1.807, 2.05) is 0 Å². The van der Waals surface area contributed by atoms with Gasteiger partial charge in [-0.25, -0.2) is 0 Å². The molecule has 1 amide bonds. The predicted molar refractivity (Wildman–Crippen MR) is 76.3 cm³/mol. The van der Waals surface area contributed by atoms with Gasteiger partial charge in [0, 0.05) is 38.6 Å². The van der Waals surface area contributed by atoms with Crippen molar-refractivity contribution in [3.8, 4) is 0 Å². The molecular weight excluding hydrogens is 256 g/mol. The fourth-order valence-corrected chi connectivity index (χ4v) is 2.41. The normalized spacial score (nSPS) is 20.2. The molecule has 6 nitrogen and oxygen atoms in total. The lowest BCUT2D eigenvalue weighted by Gasteiger charge is -2.33. The van der Waals surface area contributed by atoms with E-state index in [2.05, 4.69) is 29.2 Å². The minimum Gasteiger partial charge on any atom is -0.374 e. The molecule has 0 radical (unpaired) electrons. The van der Waals surface area contributed by atoms with Gasteiger partial charge < -0.3 is 10.1 Å². The van der Waals surface area contributed by atoms with Crippen molar-refractivity contribution in [3.63, 3.8) is 0 Å². The molecule has 20 heavy (non-hydrogen) atoms. The van der Waals surface area contributed by atoms with Crippen molar-refractivity contribution in [1.82, 2.24) is 20.0 Å². The fraction of sp³-hybridized carbons (Fsp3) is 0.714. The SMILES string of the molecule is CC(C)CN1CCO[C@@H](CNC(=O)Cn2cccn2)C1. The molecule has 1 atom stereocenters. The first-order chi connectivity index (χ1) is 9.63. The van der Waals surface area contributed by atoms with Gasteiger partial charge in [0.2, 0.25) is 5.91 Å². The van der Waals surface area contributed by atoms with Crippen LogP contribution in [0.2, 0.25) is 0 Å². The Morgan fingerprint density at radius 1 is 1.55 bits per heavy atom. The average molecular weight is 280 g/mol. The zero-order valence-electron chi connectivity index (χ0n) is 12.3. The topological polar surface area (TPSA) is 59.4 Å². The van der Waals surface area contributed by atoms with Gasteiger partial charge in [-0.1, -0.05) is 13.8 Å². The highest BCUT2D eigenvalue weighted by atomic mass is 16.5. The summed E-state index contributed by atoms with van der Waals surface area (Å²) in [5.74, 6) is 0.626. The molecule has 0 aromatic carbocycles. The molecule has 0 bridgehead atoms. The molecule has 0 unspecified atom stereocenters. The average Bonchev–Trinajstić information content (AvgIpc) is 2.89. The quantitative estimate of drug-likeness (QED) is 0.817. The number of amides is 1. The Kier molecular flexibility index (Phi) is 5.55. The van der Waals surface area contributed by atoms with Crippen LogP contribution >= 0.6 is 0 Å². The summed E-state index contributed by atoms with van der Waals surface area (Å²) in [4.78, 5) is 14.2. The number of carbonyl (C=O) groups excluding carboxylic acids is 1. The minimum absolute atomic E-state index is 0.0294. The van der Waals surface area contributed by atoms with E-state index in [-0.39, 0.29) is 18.6 Å². The van der Waals surface area contributed by atoms with Gasteiger partial charge in [-0.05, 0) is 12.0 Å².